The molecule has 0 unspecified atom stereocenters. The lowest BCUT2D eigenvalue weighted by Gasteiger charge is -2.29. The standard InChI is InChI=1S/C21H20ClF3N4O5S/c1-11(30)27-14(9-26-20(33)16-4-5-17(22)35-16)19(32)28-12-2-3-15(13(8-12)21(23,24)25)29-6-7-34-10-18(29)31/h2-5,8,14H,6-7,9-10H2,1H3,(H,26,33)(H,27,30)(H,28,32)/t14-/m1/s1. The molecule has 1 saturated heterocycles. The van der Waals surface area contributed by atoms with E-state index >= 15 is 0 Å². The molecule has 9 nitrogen and oxygen atoms in total. The van der Waals surface area contributed by atoms with Crippen LogP contribution in [0.25, 0.3) is 0 Å². The number of hydrogen-bond donors (Lipinski definition) is 3. The van der Waals surface area contributed by atoms with Gasteiger partial charge < -0.3 is 25.6 Å². The quantitative estimate of drug-likeness (QED) is 0.507. The summed E-state index contributed by atoms with van der Waals surface area (Å²) in [5, 5.41) is 7.14. The number of amides is 4. The van der Waals surface area contributed by atoms with Crippen molar-refractivity contribution in [1.82, 2.24) is 10.6 Å². The summed E-state index contributed by atoms with van der Waals surface area (Å²) in [5.74, 6) is -2.60. The van der Waals surface area contributed by atoms with Gasteiger partial charge in [-0.1, -0.05) is 11.6 Å². The summed E-state index contributed by atoms with van der Waals surface area (Å²) in [6.07, 6.45) is -4.82. The number of nitrogens with one attached hydrogen (secondary N) is 3. The van der Waals surface area contributed by atoms with Gasteiger partial charge in [0.1, 0.15) is 12.6 Å². The predicted molar refractivity (Wildman–Crippen MR) is 123 cm³/mol. The molecule has 3 N–H and O–H groups in total. The van der Waals surface area contributed by atoms with Gasteiger partial charge >= 0.3 is 6.18 Å². The van der Waals surface area contributed by atoms with Crippen LogP contribution in [0.5, 0.6) is 0 Å². The highest BCUT2D eigenvalue weighted by Gasteiger charge is 2.37. The van der Waals surface area contributed by atoms with E-state index in [2.05, 4.69) is 16.0 Å². The van der Waals surface area contributed by atoms with Crippen LogP contribution >= 0.6 is 22.9 Å². The fourth-order valence-corrected chi connectivity index (χ4v) is 4.21. The Morgan fingerprint density at radius 3 is 2.57 bits per heavy atom. The van der Waals surface area contributed by atoms with Crippen molar-refractivity contribution in [3.63, 3.8) is 0 Å². The lowest BCUT2D eigenvalue weighted by molar-refractivity contribution is -0.137. The molecule has 1 fully saturated rings. The Kier molecular flexibility index (Phi) is 8.35. The van der Waals surface area contributed by atoms with E-state index in [9.17, 15) is 32.3 Å². The maximum absolute atomic E-state index is 13.8. The number of anilines is 2. The van der Waals surface area contributed by atoms with E-state index in [1.165, 1.54) is 18.2 Å². The topological polar surface area (TPSA) is 117 Å². The Morgan fingerprint density at radius 1 is 1.23 bits per heavy atom. The van der Waals surface area contributed by atoms with Gasteiger partial charge in [-0.25, -0.2) is 0 Å². The summed E-state index contributed by atoms with van der Waals surface area (Å²) in [7, 11) is 0. The molecule has 3 rings (SSSR count). The highest BCUT2D eigenvalue weighted by Crippen LogP contribution is 2.38. The number of carbonyl (C=O) groups is 4. The molecule has 14 heteroatoms. The lowest BCUT2D eigenvalue weighted by Crippen LogP contribution is -2.50. The van der Waals surface area contributed by atoms with Gasteiger partial charge in [0.25, 0.3) is 11.8 Å². The van der Waals surface area contributed by atoms with E-state index in [0.29, 0.717) is 10.4 Å². The Hall–Kier alpha value is -3.16. The van der Waals surface area contributed by atoms with Crippen LogP contribution in [-0.4, -0.2) is 56.0 Å². The van der Waals surface area contributed by atoms with Crippen molar-refractivity contribution in [3.05, 3.63) is 45.1 Å². The van der Waals surface area contributed by atoms with Crippen LogP contribution in [0.15, 0.2) is 30.3 Å². The largest absolute Gasteiger partial charge is 0.418 e. The van der Waals surface area contributed by atoms with Gasteiger partial charge in [-0.05, 0) is 30.3 Å². The van der Waals surface area contributed by atoms with Gasteiger partial charge in [-0.3, -0.25) is 19.2 Å². The third kappa shape index (κ3) is 6.93. The fourth-order valence-electron chi connectivity index (χ4n) is 3.25. The second kappa shape index (κ2) is 11.1. The lowest BCUT2D eigenvalue weighted by atomic mass is 10.1. The molecule has 1 aromatic carbocycles. The molecule has 2 aromatic rings. The summed E-state index contributed by atoms with van der Waals surface area (Å²) in [6.45, 7) is 0.525. The number of ether oxygens (including phenoxy) is 1. The third-order valence-corrected chi connectivity index (χ3v) is 6.03. The average molecular weight is 533 g/mol. The molecule has 1 aromatic heterocycles. The molecule has 35 heavy (non-hydrogen) atoms. The van der Waals surface area contributed by atoms with Crippen molar-refractivity contribution in [2.45, 2.75) is 19.1 Å². The Balaban J connectivity index is 1.77. The number of carbonyl (C=O) groups excluding carboxylic acids is 4. The monoisotopic (exact) mass is 532 g/mol. The summed E-state index contributed by atoms with van der Waals surface area (Å²) in [4.78, 5) is 49.8. The molecule has 0 bridgehead atoms. The predicted octanol–water partition coefficient (Wildman–Crippen LogP) is 2.66. The van der Waals surface area contributed by atoms with Crippen LogP contribution in [0.2, 0.25) is 4.34 Å². The normalized spacial score (nSPS) is 14.9. The van der Waals surface area contributed by atoms with Crippen molar-refractivity contribution in [2.75, 3.05) is 36.5 Å². The van der Waals surface area contributed by atoms with E-state index in [1.807, 2.05) is 0 Å². The summed E-state index contributed by atoms with van der Waals surface area (Å²) in [5.41, 5.74) is -1.69. The third-order valence-electron chi connectivity index (χ3n) is 4.80. The molecule has 0 aliphatic carbocycles. The molecule has 1 aliphatic heterocycles. The second-order valence-corrected chi connectivity index (χ2v) is 9.10. The first-order chi connectivity index (χ1) is 16.5. The minimum atomic E-state index is -4.82. The number of alkyl halides is 3. The SMILES string of the molecule is CC(=O)N[C@H](CNC(=O)c1ccc(Cl)s1)C(=O)Nc1ccc(N2CCOCC2=O)c(C(F)(F)F)c1. The van der Waals surface area contributed by atoms with Crippen molar-refractivity contribution in [2.24, 2.45) is 0 Å². The van der Waals surface area contributed by atoms with Crippen LogP contribution < -0.4 is 20.9 Å². The van der Waals surface area contributed by atoms with Crippen LogP contribution in [0.1, 0.15) is 22.2 Å². The summed E-state index contributed by atoms with van der Waals surface area (Å²) < 4.78 is 46.6. The van der Waals surface area contributed by atoms with E-state index < -0.39 is 41.4 Å². The number of thiophene rings is 1. The van der Waals surface area contributed by atoms with Crippen LogP contribution in [0, 0.1) is 0 Å². The molecule has 4 amide bonds. The van der Waals surface area contributed by atoms with E-state index in [4.69, 9.17) is 16.3 Å². The van der Waals surface area contributed by atoms with Crippen LogP contribution in [-0.2, 0) is 25.3 Å². The number of morpholine rings is 1. The number of halogens is 4. The highest BCUT2D eigenvalue weighted by atomic mass is 35.5. The van der Waals surface area contributed by atoms with Crippen molar-refractivity contribution in [1.29, 1.82) is 0 Å². The molecule has 0 spiro atoms. The minimum absolute atomic E-state index is 0.0482. The van der Waals surface area contributed by atoms with Crippen LogP contribution in [0.4, 0.5) is 24.5 Å². The smallest absolute Gasteiger partial charge is 0.370 e. The Labute approximate surface area is 206 Å². The molecular weight excluding hydrogens is 513 g/mol. The summed E-state index contributed by atoms with van der Waals surface area (Å²) in [6, 6.07) is 4.72. The zero-order valence-electron chi connectivity index (χ0n) is 18.2. The second-order valence-electron chi connectivity index (χ2n) is 7.38. The van der Waals surface area contributed by atoms with Gasteiger partial charge in [0.05, 0.1) is 27.1 Å². The molecule has 188 valence electrons. The van der Waals surface area contributed by atoms with E-state index in [-0.39, 0.29) is 42.6 Å². The zero-order valence-corrected chi connectivity index (χ0v) is 19.8. The Morgan fingerprint density at radius 2 is 1.97 bits per heavy atom. The maximum Gasteiger partial charge on any atom is 0.418 e. The number of nitrogens with zero attached hydrogens (tertiary/aromatic N) is 1. The molecular formula is C21H20ClF3N4O5S. The number of rotatable bonds is 7. The first-order valence-corrected chi connectivity index (χ1v) is 11.4. The first kappa shape index (κ1) is 26.4. The molecule has 1 aliphatic rings. The van der Waals surface area contributed by atoms with E-state index in [0.717, 1.165) is 29.2 Å². The first-order valence-electron chi connectivity index (χ1n) is 10.2. The average Bonchev–Trinajstić information content (AvgIpc) is 3.22. The molecule has 0 saturated carbocycles. The Bertz CT molecular complexity index is 1140. The minimum Gasteiger partial charge on any atom is -0.370 e. The number of benzene rings is 1. The molecule has 2 heterocycles. The zero-order chi connectivity index (χ0) is 25.8. The van der Waals surface area contributed by atoms with Gasteiger partial charge in [-0.2, -0.15) is 13.2 Å². The molecule has 1 atom stereocenters. The van der Waals surface area contributed by atoms with Crippen molar-refractivity contribution in [3.8, 4) is 0 Å². The number of hydrogen-bond acceptors (Lipinski definition) is 6. The fraction of sp³-hybridized carbons (Fsp3) is 0.333. The van der Waals surface area contributed by atoms with Gasteiger partial charge in [-0.15, -0.1) is 11.3 Å². The van der Waals surface area contributed by atoms with Gasteiger partial charge in [0.15, 0.2) is 0 Å². The summed E-state index contributed by atoms with van der Waals surface area (Å²) >= 11 is 6.81. The van der Waals surface area contributed by atoms with Crippen molar-refractivity contribution < 1.29 is 37.1 Å². The van der Waals surface area contributed by atoms with E-state index in [1.54, 1.807) is 0 Å². The highest BCUT2D eigenvalue weighted by molar-refractivity contribution is 7.18. The van der Waals surface area contributed by atoms with Crippen LogP contribution in [0.3, 0.4) is 0 Å². The molecule has 0 radical (unpaired) electrons. The van der Waals surface area contributed by atoms with Crippen molar-refractivity contribution >= 4 is 57.9 Å². The van der Waals surface area contributed by atoms with Gasteiger partial charge in [0, 0.05) is 25.7 Å². The maximum atomic E-state index is 13.8. The van der Waals surface area contributed by atoms with Gasteiger partial charge in [0.2, 0.25) is 11.8 Å².